The highest BCUT2D eigenvalue weighted by atomic mass is 16.5. The smallest absolute Gasteiger partial charge is 0.262 e. The lowest BCUT2D eigenvalue weighted by atomic mass is 10.00. The zero-order valence-corrected chi connectivity index (χ0v) is 15.5. The predicted octanol–water partition coefficient (Wildman–Crippen LogP) is 1.17. The number of nitrogens with zero attached hydrogens (tertiary/aromatic N) is 1. The van der Waals surface area contributed by atoms with Crippen LogP contribution in [0.25, 0.3) is 0 Å². The highest BCUT2D eigenvalue weighted by Gasteiger charge is 2.20. The average molecular weight is 381 g/mol. The highest BCUT2D eigenvalue weighted by molar-refractivity contribution is 5.99. The number of hydrogen-bond acceptors (Lipinski definition) is 5. The first kappa shape index (κ1) is 18.5. The Morgan fingerprint density at radius 2 is 2.07 bits per heavy atom. The van der Waals surface area contributed by atoms with Gasteiger partial charge in [0.2, 0.25) is 0 Å². The number of aliphatic hydroxyl groups excluding tert-OH is 1. The van der Waals surface area contributed by atoms with E-state index >= 15 is 0 Å². The van der Waals surface area contributed by atoms with Crippen LogP contribution in [-0.4, -0.2) is 54.2 Å². The number of ether oxygens (including phenoxy) is 1. The van der Waals surface area contributed by atoms with Crippen molar-refractivity contribution in [1.29, 1.82) is 0 Å². The molecule has 0 aliphatic carbocycles. The Labute approximate surface area is 163 Å². The van der Waals surface area contributed by atoms with Crippen LogP contribution in [0.3, 0.4) is 0 Å². The van der Waals surface area contributed by atoms with Gasteiger partial charge in [0.1, 0.15) is 5.75 Å². The maximum atomic E-state index is 12.4. The van der Waals surface area contributed by atoms with E-state index in [4.69, 9.17) is 4.74 Å². The van der Waals surface area contributed by atoms with Crippen LogP contribution in [0.15, 0.2) is 42.5 Å². The molecule has 0 fully saturated rings. The summed E-state index contributed by atoms with van der Waals surface area (Å²) >= 11 is 0. The molecule has 146 valence electrons. The van der Waals surface area contributed by atoms with Crippen molar-refractivity contribution in [3.63, 3.8) is 0 Å². The van der Waals surface area contributed by atoms with Crippen LogP contribution in [0.5, 0.6) is 5.75 Å². The van der Waals surface area contributed by atoms with Crippen molar-refractivity contribution in [2.45, 2.75) is 19.1 Å². The molecule has 0 saturated heterocycles. The number of carbonyl (C=O) groups is 2. The molecule has 4 rings (SSSR count). The monoisotopic (exact) mass is 381 g/mol. The van der Waals surface area contributed by atoms with E-state index in [2.05, 4.69) is 33.7 Å². The van der Waals surface area contributed by atoms with E-state index in [-0.39, 0.29) is 25.0 Å². The maximum absolute atomic E-state index is 12.4. The molecule has 1 atom stereocenters. The van der Waals surface area contributed by atoms with Crippen molar-refractivity contribution < 1.29 is 19.4 Å². The Kier molecular flexibility index (Phi) is 5.27. The standard InChI is InChI=1S/C21H23N3O4/c25-17(12-24-8-7-14-3-1-2-4-16(14)11-24)10-22-21(27)15-5-6-19-18(9-15)23-20(26)13-28-19/h1-6,9,17,25H,7-8,10-13H2,(H,22,27)(H,23,26)/t17-/m0/s1. The first-order valence-electron chi connectivity index (χ1n) is 9.40. The van der Waals surface area contributed by atoms with Crippen LogP contribution in [0.4, 0.5) is 5.69 Å². The molecule has 2 heterocycles. The predicted molar refractivity (Wildman–Crippen MR) is 104 cm³/mol. The van der Waals surface area contributed by atoms with E-state index in [9.17, 15) is 14.7 Å². The van der Waals surface area contributed by atoms with E-state index in [1.54, 1.807) is 18.2 Å². The first-order chi connectivity index (χ1) is 13.6. The van der Waals surface area contributed by atoms with Gasteiger partial charge in [-0.05, 0) is 35.7 Å². The summed E-state index contributed by atoms with van der Waals surface area (Å²) in [7, 11) is 0. The Balaban J connectivity index is 1.29. The SMILES string of the molecule is O=C1COc2ccc(C(=O)NC[C@H](O)CN3CCc4ccccc4C3)cc2N1. The number of nitrogens with one attached hydrogen (secondary N) is 2. The molecule has 28 heavy (non-hydrogen) atoms. The van der Waals surface area contributed by atoms with Crippen LogP contribution in [0, 0.1) is 0 Å². The Hall–Kier alpha value is -2.90. The number of fused-ring (bicyclic) bond motifs is 2. The van der Waals surface area contributed by atoms with Gasteiger partial charge in [-0.1, -0.05) is 24.3 Å². The summed E-state index contributed by atoms with van der Waals surface area (Å²) < 4.78 is 5.29. The van der Waals surface area contributed by atoms with Gasteiger partial charge in [0, 0.05) is 31.7 Å². The summed E-state index contributed by atoms with van der Waals surface area (Å²) in [4.78, 5) is 26.0. The molecular formula is C21H23N3O4. The lowest BCUT2D eigenvalue weighted by molar-refractivity contribution is -0.118. The van der Waals surface area contributed by atoms with Gasteiger partial charge in [0.15, 0.2) is 6.61 Å². The molecule has 7 nitrogen and oxygen atoms in total. The first-order valence-corrected chi connectivity index (χ1v) is 9.40. The summed E-state index contributed by atoms with van der Waals surface area (Å²) in [5.41, 5.74) is 3.55. The van der Waals surface area contributed by atoms with E-state index < -0.39 is 6.10 Å². The number of aliphatic hydroxyl groups is 1. The minimum absolute atomic E-state index is 0.0221. The molecular weight excluding hydrogens is 358 g/mol. The molecule has 0 aromatic heterocycles. The third kappa shape index (κ3) is 4.16. The van der Waals surface area contributed by atoms with E-state index in [0.717, 1.165) is 19.5 Å². The summed E-state index contributed by atoms with van der Waals surface area (Å²) in [6, 6.07) is 13.2. The molecule has 7 heteroatoms. The van der Waals surface area contributed by atoms with E-state index in [1.807, 2.05) is 6.07 Å². The van der Waals surface area contributed by atoms with Crippen molar-refractivity contribution in [2.75, 3.05) is 31.6 Å². The summed E-state index contributed by atoms with van der Waals surface area (Å²) in [5.74, 6) is -0.00388. The zero-order valence-electron chi connectivity index (χ0n) is 15.5. The van der Waals surface area contributed by atoms with Gasteiger partial charge in [0.25, 0.3) is 11.8 Å². The zero-order chi connectivity index (χ0) is 19.5. The van der Waals surface area contributed by atoms with Crippen molar-refractivity contribution in [3.8, 4) is 5.75 Å². The van der Waals surface area contributed by atoms with Crippen LogP contribution >= 0.6 is 0 Å². The van der Waals surface area contributed by atoms with Crippen molar-refractivity contribution in [2.24, 2.45) is 0 Å². The fourth-order valence-corrected chi connectivity index (χ4v) is 3.61. The Morgan fingerprint density at radius 3 is 2.93 bits per heavy atom. The largest absolute Gasteiger partial charge is 0.482 e. The lowest BCUT2D eigenvalue weighted by Crippen LogP contribution is -2.42. The number of hydrogen-bond donors (Lipinski definition) is 3. The second kappa shape index (κ2) is 8.00. The number of carbonyl (C=O) groups excluding carboxylic acids is 2. The van der Waals surface area contributed by atoms with Gasteiger partial charge in [-0.2, -0.15) is 0 Å². The molecule has 2 aliphatic rings. The number of amides is 2. The van der Waals surface area contributed by atoms with Crippen LogP contribution < -0.4 is 15.4 Å². The minimum Gasteiger partial charge on any atom is -0.482 e. The fourth-order valence-electron chi connectivity index (χ4n) is 3.61. The Bertz CT molecular complexity index is 899. The molecule has 0 saturated carbocycles. The number of benzene rings is 2. The van der Waals surface area contributed by atoms with Crippen LogP contribution in [-0.2, 0) is 17.8 Å². The number of rotatable bonds is 5. The third-order valence-corrected chi connectivity index (χ3v) is 5.05. The molecule has 2 aromatic rings. The van der Waals surface area contributed by atoms with Crippen molar-refractivity contribution in [3.05, 3.63) is 59.2 Å². The molecule has 2 aliphatic heterocycles. The van der Waals surface area contributed by atoms with Gasteiger partial charge in [-0.3, -0.25) is 14.5 Å². The molecule has 2 aromatic carbocycles. The van der Waals surface area contributed by atoms with Gasteiger partial charge < -0.3 is 20.5 Å². The van der Waals surface area contributed by atoms with Crippen LogP contribution in [0.2, 0.25) is 0 Å². The molecule has 0 radical (unpaired) electrons. The third-order valence-electron chi connectivity index (χ3n) is 5.05. The lowest BCUT2D eigenvalue weighted by Gasteiger charge is -2.30. The summed E-state index contributed by atoms with van der Waals surface area (Å²) in [5, 5.41) is 15.8. The molecule has 3 N–H and O–H groups in total. The second-order valence-electron chi connectivity index (χ2n) is 7.17. The highest BCUT2D eigenvalue weighted by Crippen LogP contribution is 2.28. The summed E-state index contributed by atoms with van der Waals surface area (Å²) in [6.07, 6.45) is 0.313. The molecule has 0 unspecified atom stereocenters. The minimum atomic E-state index is -0.658. The maximum Gasteiger partial charge on any atom is 0.262 e. The summed E-state index contributed by atoms with van der Waals surface area (Å²) in [6.45, 7) is 2.35. The molecule has 2 amide bonds. The van der Waals surface area contributed by atoms with Gasteiger partial charge >= 0.3 is 0 Å². The van der Waals surface area contributed by atoms with Gasteiger partial charge in [-0.15, -0.1) is 0 Å². The van der Waals surface area contributed by atoms with Crippen LogP contribution in [0.1, 0.15) is 21.5 Å². The van der Waals surface area contributed by atoms with Crippen molar-refractivity contribution >= 4 is 17.5 Å². The normalized spacial score (nSPS) is 17.0. The number of β-amino-alcohol motifs (C(OH)–C–C–N with tert-alkyl or cyclic N) is 1. The second-order valence-corrected chi connectivity index (χ2v) is 7.17. The molecule has 0 spiro atoms. The van der Waals surface area contributed by atoms with E-state index in [0.29, 0.717) is 23.5 Å². The van der Waals surface area contributed by atoms with Crippen molar-refractivity contribution in [1.82, 2.24) is 10.2 Å². The fraction of sp³-hybridized carbons (Fsp3) is 0.333. The van der Waals surface area contributed by atoms with E-state index in [1.165, 1.54) is 11.1 Å². The van der Waals surface area contributed by atoms with Gasteiger partial charge in [0.05, 0.1) is 11.8 Å². The topological polar surface area (TPSA) is 90.9 Å². The molecule has 0 bridgehead atoms. The quantitative estimate of drug-likeness (QED) is 0.723. The Morgan fingerprint density at radius 1 is 1.25 bits per heavy atom. The number of anilines is 1. The van der Waals surface area contributed by atoms with Gasteiger partial charge in [-0.25, -0.2) is 0 Å². The average Bonchev–Trinajstić information content (AvgIpc) is 2.71.